The minimum atomic E-state index is 0.594. The van der Waals surface area contributed by atoms with Gasteiger partial charge in [-0.15, -0.1) is 0 Å². The lowest BCUT2D eigenvalue weighted by molar-refractivity contribution is 0.119. The lowest BCUT2D eigenvalue weighted by atomic mass is 9.79. The van der Waals surface area contributed by atoms with E-state index in [9.17, 15) is 0 Å². The summed E-state index contributed by atoms with van der Waals surface area (Å²) in [6.45, 7) is 6.98. The predicted molar refractivity (Wildman–Crippen MR) is 77.7 cm³/mol. The first kappa shape index (κ1) is 12.9. The third kappa shape index (κ3) is 2.49. The average Bonchev–Trinajstić information content (AvgIpc) is 2.47. The van der Waals surface area contributed by atoms with Crippen molar-refractivity contribution < 1.29 is 4.74 Å². The Balaban J connectivity index is 1.91. The van der Waals surface area contributed by atoms with E-state index >= 15 is 0 Å². The summed E-state index contributed by atoms with van der Waals surface area (Å²) in [5.41, 5.74) is 3.02. The number of rotatable bonds is 2. The van der Waals surface area contributed by atoms with E-state index in [1.54, 1.807) is 7.11 Å². The number of piperazine rings is 1. The molecule has 3 nitrogen and oxygen atoms in total. The third-order valence-corrected chi connectivity index (χ3v) is 4.62. The van der Waals surface area contributed by atoms with Gasteiger partial charge in [0.05, 0.1) is 7.11 Å². The molecule has 1 N–H and O–H groups in total. The first-order valence-electron chi connectivity index (χ1n) is 7.41. The number of methoxy groups -OCH3 is 1. The van der Waals surface area contributed by atoms with Gasteiger partial charge >= 0.3 is 0 Å². The normalized spacial score (nSPS) is 27.9. The molecule has 0 radical (unpaired) electrons. The number of benzene rings is 1. The van der Waals surface area contributed by atoms with Crippen molar-refractivity contribution in [3.63, 3.8) is 0 Å². The van der Waals surface area contributed by atoms with Crippen molar-refractivity contribution in [2.24, 2.45) is 5.92 Å². The summed E-state index contributed by atoms with van der Waals surface area (Å²) in [5.74, 6) is 1.74. The van der Waals surface area contributed by atoms with Gasteiger partial charge in [0.15, 0.2) is 0 Å². The van der Waals surface area contributed by atoms with Crippen LogP contribution < -0.4 is 10.1 Å². The maximum atomic E-state index is 5.36. The average molecular weight is 260 g/mol. The number of ether oxygens (including phenoxy) is 1. The second kappa shape index (κ2) is 5.51. The molecule has 1 aliphatic carbocycles. The Hall–Kier alpha value is -1.06. The number of hydrogen-bond donors (Lipinski definition) is 1. The Morgan fingerprint density at radius 1 is 1.26 bits per heavy atom. The minimum Gasteiger partial charge on any atom is -0.497 e. The zero-order valence-corrected chi connectivity index (χ0v) is 12.0. The molecule has 1 aromatic carbocycles. The van der Waals surface area contributed by atoms with Gasteiger partial charge in [0, 0.05) is 32.2 Å². The van der Waals surface area contributed by atoms with Crippen LogP contribution in [0.5, 0.6) is 5.75 Å². The lowest BCUT2D eigenvalue weighted by Crippen LogP contribution is -2.47. The summed E-state index contributed by atoms with van der Waals surface area (Å²) in [6.07, 6.45) is 2.48. The highest BCUT2D eigenvalue weighted by Crippen LogP contribution is 2.39. The molecule has 1 saturated heterocycles. The van der Waals surface area contributed by atoms with E-state index in [4.69, 9.17) is 4.74 Å². The van der Waals surface area contributed by atoms with Crippen molar-refractivity contribution in [2.75, 3.05) is 33.3 Å². The first-order chi connectivity index (χ1) is 9.29. The molecular formula is C16H24N2O. The van der Waals surface area contributed by atoms with Crippen LogP contribution in [-0.2, 0) is 6.42 Å². The smallest absolute Gasteiger partial charge is 0.119 e. The molecule has 0 bridgehead atoms. The van der Waals surface area contributed by atoms with Crippen molar-refractivity contribution in [1.29, 1.82) is 0 Å². The first-order valence-corrected chi connectivity index (χ1v) is 7.41. The SMILES string of the molecule is COc1ccc2c(c1)CCC(C)C2N1CCNCC1. The monoisotopic (exact) mass is 260 g/mol. The molecule has 1 fully saturated rings. The van der Waals surface area contributed by atoms with Crippen molar-refractivity contribution in [1.82, 2.24) is 10.2 Å². The zero-order valence-electron chi connectivity index (χ0n) is 12.0. The molecule has 104 valence electrons. The van der Waals surface area contributed by atoms with Gasteiger partial charge in [0.25, 0.3) is 0 Å². The van der Waals surface area contributed by atoms with E-state index in [-0.39, 0.29) is 0 Å². The van der Waals surface area contributed by atoms with Crippen LogP contribution in [0, 0.1) is 5.92 Å². The van der Waals surface area contributed by atoms with Gasteiger partial charge in [-0.3, -0.25) is 4.90 Å². The summed E-state index contributed by atoms with van der Waals surface area (Å²) in [6, 6.07) is 7.23. The van der Waals surface area contributed by atoms with Gasteiger partial charge < -0.3 is 10.1 Å². The van der Waals surface area contributed by atoms with E-state index in [1.807, 2.05) is 0 Å². The van der Waals surface area contributed by atoms with Gasteiger partial charge in [-0.2, -0.15) is 0 Å². The van der Waals surface area contributed by atoms with Crippen LogP contribution in [0.1, 0.15) is 30.5 Å². The van der Waals surface area contributed by atoms with E-state index in [2.05, 4.69) is 35.3 Å². The Labute approximate surface area is 115 Å². The maximum absolute atomic E-state index is 5.36. The Morgan fingerprint density at radius 2 is 2.05 bits per heavy atom. The van der Waals surface area contributed by atoms with Gasteiger partial charge in [-0.25, -0.2) is 0 Å². The highest BCUT2D eigenvalue weighted by molar-refractivity contribution is 5.39. The van der Waals surface area contributed by atoms with E-state index in [0.29, 0.717) is 6.04 Å². The third-order valence-electron chi connectivity index (χ3n) is 4.62. The van der Waals surface area contributed by atoms with Crippen molar-refractivity contribution in [3.8, 4) is 5.75 Å². The molecule has 0 aromatic heterocycles. The Bertz CT molecular complexity index is 440. The van der Waals surface area contributed by atoms with Crippen LogP contribution in [0.4, 0.5) is 0 Å². The lowest BCUT2D eigenvalue weighted by Gasteiger charge is -2.42. The van der Waals surface area contributed by atoms with Crippen molar-refractivity contribution in [3.05, 3.63) is 29.3 Å². The fourth-order valence-corrected chi connectivity index (χ4v) is 3.58. The van der Waals surface area contributed by atoms with Crippen LogP contribution in [0.25, 0.3) is 0 Å². The number of aryl methyl sites for hydroxylation is 1. The van der Waals surface area contributed by atoms with Crippen LogP contribution >= 0.6 is 0 Å². The van der Waals surface area contributed by atoms with Gasteiger partial charge in [-0.1, -0.05) is 13.0 Å². The second-order valence-electron chi connectivity index (χ2n) is 5.81. The van der Waals surface area contributed by atoms with E-state index in [1.165, 1.54) is 37.1 Å². The topological polar surface area (TPSA) is 24.5 Å². The van der Waals surface area contributed by atoms with Gasteiger partial charge in [-0.05, 0) is 42.0 Å². The summed E-state index contributed by atoms with van der Waals surface area (Å²) in [4.78, 5) is 2.66. The summed E-state index contributed by atoms with van der Waals surface area (Å²) in [7, 11) is 1.75. The number of hydrogen-bond acceptors (Lipinski definition) is 3. The highest BCUT2D eigenvalue weighted by Gasteiger charge is 2.32. The quantitative estimate of drug-likeness (QED) is 0.882. The molecule has 0 spiro atoms. The zero-order chi connectivity index (χ0) is 13.2. The number of nitrogens with one attached hydrogen (secondary N) is 1. The molecule has 0 amide bonds. The number of nitrogens with zero attached hydrogens (tertiary/aromatic N) is 1. The molecule has 0 saturated carbocycles. The molecule has 1 aliphatic heterocycles. The molecule has 2 aliphatic rings. The van der Waals surface area contributed by atoms with Crippen molar-refractivity contribution in [2.45, 2.75) is 25.8 Å². The summed E-state index contributed by atoms with van der Waals surface area (Å²) >= 11 is 0. The largest absolute Gasteiger partial charge is 0.497 e. The fraction of sp³-hybridized carbons (Fsp3) is 0.625. The molecule has 1 heterocycles. The summed E-state index contributed by atoms with van der Waals surface area (Å²) < 4.78 is 5.36. The predicted octanol–water partition coefficient (Wildman–Crippen LogP) is 2.22. The van der Waals surface area contributed by atoms with E-state index < -0.39 is 0 Å². The van der Waals surface area contributed by atoms with E-state index in [0.717, 1.165) is 24.8 Å². The Morgan fingerprint density at radius 3 is 2.79 bits per heavy atom. The molecule has 2 unspecified atom stereocenters. The minimum absolute atomic E-state index is 0.594. The van der Waals surface area contributed by atoms with Gasteiger partial charge in [0.1, 0.15) is 5.75 Å². The van der Waals surface area contributed by atoms with Crippen LogP contribution in [0.15, 0.2) is 18.2 Å². The van der Waals surface area contributed by atoms with Crippen LogP contribution in [0.3, 0.4) is 0 Å². The molecule has 1 aromatic rings. The molecule has 19 heavy (non-hydrogen) atoms. The van der Waals surface area contributed by atoms with Crippen LogP contribution in [0.2, 0.25) is 0 Å². The highest BCUT2D eigenvalue weighted by atomic mass is 16.5. The standard InChI is InChI=1S/C16H24N2O/c1-12-3-4-13-11-14(19-2)5-6-15(13)16(12)18-9-7-17-8-10-18/h5-6,11-12,16-17H,3-4,7-10H2,1-2H3. The molecule has 3 rings (SSSR count). The second-order valence-corrected chi connectivity index (χ2v) is 5.81. The fourth-order valence-electron chi connectivity index (χ4n) is 3.58. The molecular weight excluding hydrogens is 236 g/mol. The molecule has 3 heteroatoms. The molecule has 2 atom stereocenters. The van der Waals surface area contributed by atoms with Crippen LogP contribution in [-0.4, -0.2) is 38.2 Å². The summed E-state index contributed by atoms with van der Waals surface area (Å²) in [5, 5.41) is 3.45. The Kier molecular flexibility index (Phi) is 3.76. The maximum Gasteiger partial charge on any atom is 0.119 e. The number of fused-ring (bicyclic) bond motifs is 1. The van der Waals surface area contributed by atoms with Crippen molar-refractivity contribution >= 4 is 0 Å². The van der Waals surface area contributed by atoms with Gasteiger partial charge in [0.2, 0.25) is 0 Å².